The molecule has 3 aromatic rings. The van der Waals surface area contributed by atoms with E-state index in [4.69, 9.17) is 9.26 Å². The zero-order valence-corrected chi connectivity index (χ0v) is 15.7. The largest absolute Gasteiger partial charge is 0.497 e. The van der Waals surface area contributed by atoms with Gasteiger partial charge in [-0.05, 0) is 47.9 Å². The molecule has 0 aliphatic heterocycles. The van der Waals surface area contributed by atoms with Gasteiger partial charge in [0, 0.05) is 24.1 Å². The minimum absolute atomic E-state index is 0.0866. The highest BCUT2D eigenvalue weighted by molar-refractivity contribution is 5.90. The average Bonchev–Trinajstić information content (AvgIpc) is 3.16. The molecule has 1 heterocycles. The lowest BCUT2D eigenvalue weighted by atomic mass is 10.0. The Labute approximate surface area is 158 Å². The number of nitrogens with one attached hydrogen (secondary N) is 1. The van der Waals surface area contributed by atoms with Crippen molar-refractivity contribution in [3.8, 4) is 17.1 Å². The van der Waals surface area contributed by atoms with E-state index >= 15 is 0 Å². The molecule has 140 valence electrons. The van der Waals surface area contributed by atoms with Crippen LogP contribution in [0.4, 0.5) is 5.69 Å². The van der Waals surface area contributed by atoms with E-state index in [0.717, 1.165) is 17.0 Å². The first-order chi connectivity index (χ1) is 13.0. The molecule has 0 bridgehead atoms. The minimum atomic E-state index is -0.0866. The smallest absolute Gasteiger partial charge is 0.227 e. The molecule has 0 aliphatic carbocycles. The van der Waals surface area contributed by atoms with Crippen molar-refractivity contribution >= 4 is 11.6 Å². The number of nitrogens with zero attached hydrogens (tertiary/aromatic N) is 2. The van der Waals surface area contributed by atoms with Gasteiger partial charge in [-0.15, -0.1) is 0 Å². The third-order valence-corrected chi connectivity index (χ3v) is 4.24. The first-order valence-electron chi connectivity index (χ1n) is 8.92. The van der Waals surface area contributed by atoms with Gasteiger partial charge < -0.3 is 14.6 Å². The van der Waals surface area contributed by atoms with E-state index in [2.05, 4.69) is 29.3 Å². The van der Waals surface area contributed by atoms with E-state index in [1.165, 1.54) is 5.56 Å². The van der Waals surface area contributed by atoms with E-state index in [1.807, 2.05) is 48.5 Å². The summed E-state index contributed by atoms with van der Waals surface area (Å²) < 4.78 is 10.4. The number of amides is 1. The highest BCUT2D eigenvalue weighted by Gasteiger charge is 2.11. The molecule has 1 amide bonds. The van der Waals surface area contributed by atoms with E-state index < -0.39 is 0 Å². The number of aryl methyl sites for hydroxylation is 1. The summed E-state index contributed by atoms with van der Waals surface area (Å²) in [5.41, 5.74) is 2.86. The van der Waals surface area contributed by atoms with Crippen molar-refractivity contribution in [2.45, 2.75) is 32.6 Å². The summed E-state index contributed by atoms with van der Waals surface area (Å²) in [5.74, 6) is 2.08. The summed E-state index contributed by atoms with van der Waals surface area (Å²) in [6.45, 7) is 4.27. The van der Waals surface area contributed by atoms with Gasteiger partial charge in [-0.25, -0.2) is 0 Å². The predicted octanol–water partition coefficient (Wildman–Crippen LogP) is 4.44. The van der Waals surface area contributed by atoms with E-state index in [-0.39, 0.29) is 12.3 Å². The molecule has 0 spiro atoms. The fourth-order valence-electron chi connectivity index (χ4n) is 2.61. The third kappa shape index (κ3) is 4.94. The number of rotatable bonds is 7. The number of carbonyl (C=O) groups is 1. The maximum absolute atomic E-state index is 12.1. The van der Waals surface area contributed by atoms with E-state index in [0.29, 0.717) is 24.1 Å². The van der Waals surface area contributed by atoms with Crippen molar-refractivity contribution in [2.75, 3.05) is 12.4 Å². The van der Waals surface area contributed by atoms with Crippen molar-refractivity contribution < 1.29 is 14.1 Å². The molecule has 6 nitrogen and oxygen atoms in total. The van der Waals surface area contributed by atoms with Gasteiger partial charge in [0.1, 0.15) is 5.75 Å². The molecule has 0 atom stereocenters. The molecule has 1 aromatic heterocycles. The molecule has 27 heavy (non-hydrogen) atoms. The Balaban J connectivity index is 1.53. The molecule has 0 fully saturated rings. The van der Waals surface area contributed by atoms with Crippen LogP contribution in [0.25, 0.3) is 11.4 Å². The topological polar surface area (TPSA) is 77.2 Å². The van der Waals surface area contributed by atoms with Crippen LogP contribution in [-0.4, -0.2) is 23.2 Å². The van der Waals surface area contributed by atoms with Gasteiger partial charge >= 0.3 is 0 Å². The van der Waals surface area contributed by atoms with Gasteiger partial charge in [0.2, 0.25) is 17.6 Å². The van der Waals surface area contributed by atoms with Crippen LogP contribution >= 0.6 is 0 Å². The van der Waals surface area contributed by atoms with Crippen LogP contribution in [0, 0.1) is 0 Å². The van der Waals surface area contributed by atoms with Gasteiger partial charge in [0.05, 0.1) is 7.11 Å². The number of benzene rings is 2. The van der Waals surface area contributed by atoms with Gasteiger partial charge in [-0.3, -0.25) is 4.79 Å². The molecule has 0 aliphatic rings. The number of carbonyl (C=O) groups excluding carboxylic acids is 1. The summed E-state index contributed by atoms with van der Waals surface area (Å²) in [4.78, 5) is 16.5. The van der Waals surface area contributed by atoms with Crippen molar-refractivity contribution in [1.82, 2.24) is 10.1 Å². The van der Waals surface area contributed by atoms with Gasteiger partial charge in [0.25, 0.3) is 0 Å². The Morgan fingerprint density at radius 3 is 2.44 bits per heavy atom. The molecule has 1 N–H and O–H groups in total. The Hall–Kier alpha value is -3.15. The Morgan fingerprint density at radius 2 is 1.81 bits per heavy atom. The fraction of sp³-hybridized carbons (Fsp3) is 0.286. The van der Waals surface area contributed by atoms with Crippen molar-refractivity contribution in [1.29, 1.82) is 0 Å². The number of methoxy groups -OCH3 is 1. The van der Waals surface area contributed by atoms with Crippen LogP contribution in [0.1, 0.15) is 37.6 Å². The Bertz CT molecular complexity index is 884. The third-order valence-electron chi connectivity index (χ3n) is 4.24. The zero-order valence-electron chi connectivity index (χ0n) is 15.7. The fourth-order valence-corrected chi connectivity index (χ4v) is 2.61. The highest BCUT2D eigenvalue weighted by atomic mass is 16.5. The summed E-state index contributed by atoms with van der Waals surface area (Å²) in [7, 11) is 1.62. The minimum Gasteiger partial charge on any atom is -0.497 e. The zero-order chi connectivity index (χ0) is 19.2. The van der Waals surface area contributed by atoms with Crippen LogP contribution < -0.4 is 10.1 Å². The SMILES string of the molecule is COc1ccc(-c2noc(CCC(=O)Nc3ccc(C(C)C)cc3)n2)cc1. The molecule has 6 heteroatoms. The second-order valence-electron chi connectivity index (χ2n) is 6.57. The summed E-state index contributed by atoms with van der Waals surface area (Å²) in [6.07, 6.45) is 0.662. The monoisotopic (exact) mass is 365 g/mol. The molecule has 0 unspecified atom stereocenters. The first-order valence-corrected chi connectivity index (χ1v) is 8.92. The van der Waals surface area contributed by atoms with Crippen LogP contribution in [-0.2, 0) is 11.2 Å². The average molecular weight is 365 g/mol. The predicted molar refractivity (Wildman–Crippen MR) is 104 cm³/mol. The van der Waals surface area contributed by atoms with E-state index in [9.17, 15) is 4.79 Å². The van der Waals surface area contributed by atoms with Gasteiger partial charge in [-0.2, -0.15) is 4.98 Å². The molecule has 0 saturated heterocycles. The lowest BCUT2D eigenvalue weighted by molar-refractivity contribution is -0.116. The van der Waals surface area contributed by atoms with Crippen molar-refractivity contribution in [3.05, 3.63) is 60.0 Å². The van der Waals surface area contributed by atoms with Gasteiger partial charge in [0.15, 0.2) is 0 Å². The van der Waals surface area contributed by atoms with Crippen LogP contribution in [0.5, 0.6) is 5.75 Å². The maximum atomic E-state index is 12.1. The Kier molecular flexibility index (Phi) is 5.86. The molecular weight excluding hydrogens is 342 g/mol. The second-order valence-corrected chi connectivity index (χ2v) is 6.57. The molecule has 2 aromatic carbocycles. The van der Waals surface area contributed by atoms with Crippen LogP contribution in [0.15, 0.2) is 53.1 Å². The van der Waals surface area contributed by atoms with Gasteiger partial charge in [-0.1, -0.05) is 31.1 Å². The van der Waals surface area contributed by atoms with Crippen molar-refractivity contribution in [2.24, 2.45) is 0 Å². The van der Waals surface area contributed by atoms with Crippen molar-refractivity contribution in [3.63, 3.8) is 0 Å². The number of anilines is 1. The summed E-state index contributed by atoms with van der Waals surface area (Å²) in [5, 5.41) is 6.86. The number of aromatic nitrogens is 2. The lowest BCUT2D eigenvalue weighted by Crippen LogP contribution is -2.12. The number of hydrogen-bond acceptors (Lipinski definition) is 5. The normalized spacial score (nSPS) is 10.8. The molecular formula is C21H23N3O3. The molecule has 0 radical (unpaired) electrons. The summed E-state index contributed by atoms with van der Waals surface area (Å²) >= 11 is 0. The summed E-state index contributed by atoms with van der Waals surface area (Å²) in [6, 6.07) is 15.3. The van der Waals surface area contributed by atoms with Crippen LogP contribution in [0.2, 0.25) is 0 Å². The molecule has 3 rings (SSSR count). The number of ether oxygens (including phenoxy) is 1. The quantitative estimate of drug-likeness (QED) is 0.670. The first kappa shape index (κ1) is 18.6. The standard InChI is InChI=1S/C21H23N3O3/c1-14(2)15-4-8-17(9-5-15)22-19(25)12-13-20-23-21(24-27-20)16-6-10-18(26-3)11-7-16/h4-11,14H,12-13H2,1-3H3,(H,22,25). The second kappa shape index (κ2) is 8.49. The number of hydrogen-bond donors (Lipinski definition) is 1. The Morgan fingerprint density at radius 1 is 1.11 bits per heavy atom. The van der Waals surface area contributed by atoms with Crippen LogP contribution in [0.3, 0.4) is 0 Å². The highest BCUT2D eigenvalue weighted by Crippen LogP contribution is 2.20. The maximum Gasteiger partial charge on any atom is 0.227 e. The van der Waals surface area contributed by atoms with E-state index in [1.54, 1.807) is 7.11 Å². The lowest BCUT2D eigenvalue weighted by Gasteiger charge is -2.08. The molecule has 0 saturated carbocycles.